The van der Waals surface area contributed by atoms with Crippen molar-refractivity contribution < 1.29 is 17.4 Å². The highest BCUT2D eigenvalue weighted by Gasteiger charge is 2.17. The van der Waals surface area contributed by atoms with Crippen molar-refractivity contribution in [3.8, 4) is 0 Å². The Kier molecular flexibility index (Phi) is 5.08. The van der Waals surface area contributed by atoms with Gasteiger partial charge < -0.3 is 0 Å². The average Bonchev–Trinajstić information content (AvgIpc) is 2.24. The van der Waals surface area contributed by atoms with Gasteiger partial charge in [-0.25, -0.2) is 4.39 Å². The Balaban J connectivity index is 2.82. The maximum Gasteiger partial charge on any atom is 0.264 e. The van der Waals surface area contributed by atoms with Crippen LogP contribution in [-0.2, 0) is 10.1 Å². The molecule has 0 aromatic heterocycles. The highest BCUT2D eigenvalue weighted by Crippen LogP contribution is 2.27. The van der Waals surface area contributed by atoms with Crippen LogP contribution in [0.15, 0.2) is 24.3 Å². The van der Waals surface area contributed by atoms with Crippen molar-refractivity contribution in [3.63, 3.8) is 0 Å². The van der Waals surface area contributed by atoms with Gasteiger partial charge in [-0.1, -0.05) is 31.5 Å². The van der Waals surface area contributed by atoms with Crippen molar-refractivity contribution in [3.05, 3.63) is 35.6 Å². The minimum Gasteiger partial charge on any atom is -0.286 e. The number of halogens is 1. The fourth-order valence-electron chi connectivity index (χ4n) is 1.90. The van der Waals surface area contributed by atoms with E-state index in [1.54, 1.807) is 18.2 Å². The first-order valence-electron chi connectivity index (χ1n) is 5.63. The third kappa shape index (κ3) is 4.83. The lowest BCUT2D eigenvalue weighted by atomic mass is 9.92. The summed E-state index contributed by atoms with van der Waals surface area (Å²) in [5, 5.41) is 0. The molecular weight excluding hydrogens is 243 g/mol. The summed E-state index contributed by atoms with van der Waals surface area (Å²) in [7, 11) is -3.98. The Morgan fingerprint density at radius 2 is 1.94 bits per heavy atom. The Morgan fingerprint density at radius 1 is 1.29 bits per heavy atom. The first kappa shape index (κ1) is 14.1. The molecule has 96 valence electrons. The molecule has 0 aliphatic carbocycles. The molecule has 0 spiro atoms. The lowest BCUT2D eigenvalue weighted by Gasteiger charge is -2.16. The molecule has 0 saturated heterocycles. The second kappa shape index (κ2) is 6.12. The minimum absolute atomic E-state index is 0.164. The van der Waals surface area contributed by atoms with Crippen molar-refractivity contribution in [2.24, 2.45) is 0 Å². The van der Waals surface area contributed by atoms with Gasteiger partial charge in [0.05, 0.1) is 5.75 Å². The molecule has 0 bridgehead atoms. The van der Waals surface area contributed by atoms with Gasteiger partial charge in [-0.15, -0.1) is 0 Å². The molecule has 0 aliphatic heterocycles. The molecule has 1 N–H and O–H groups in total. The summed E-state index contributed by atoms with van der Waals surface area (Å²) < 4.78 is 43.7. The van der Waals surface area contributed by atoms with E-state index in [2.05, 4.69) is 0 Å². The Morgan fingerprint density at radius 3 is 2.47 bits per heavy atom. The van der Waals surface area contributed by atoms with E-state index in [4.69, 9.17) is 4.55 Å². The maximum absolute atomic E-state index is 13.6. The van der Waals surface area contributed by atoms with Crippen LogP contribution in [0.1, 0.15) is 37.7 Å². The van der Waals surface area contributed by atoms with Gasteiger partial charge in [-0.05, 0) is 30.4 Å². The SMILES string of the molecule is CCCC(CCS(=O)(=O)O)c1ccccc1F. The fraction of sp³-hybridized carbons (Fsp3) is 0.500. The molecule has 0 radical (unpaired) electrons. The summed E-state index contributed by atoms with van der Waals surface area (Å²) in [5.74, 6) is -0.809. The van der Waals surface area contributed by atoms with Gasteiger partial charge in [0.2, 0.25) is 0 Å². The van der Waals surface area contributed by atoms with Gasteiger partial charge in [-0.2, -0.15) is 8.42 Å². The molecule has 0 saturated carbocycles. The van der Waals surface area contributed by atoms with Crippen molar-refractivity contribution in [2.45, 2.75) is 32.1 Å². The molecule has 0 heterocycles. The second-order valence-electron chi connectivity index (χ2n) is 4.08. The second-order valence-corrected chi connectivity index (χ2v) is 5.65. The van der Waals surface area contributed by atoms with E-state index in [0.717, 1.165) is 6.42 Å². The molecule has 0 aliphatic rings. The van der Waals surface area contributed by atoms with Crippen LogP contribution in [0.5, 0.6) is 0 Å². The smallest absolute Gasteiger partial charge is 0.264 e. The van der Waals surface area contributed by atoms with Gasteiger partial charge in [0.25, 0.3) is 10.1 Å². The standard InChI is InChI=1S/C12H17FO3S/c1-2-5-10(8-9-17(14,15)16)11-6-3-4-7-12(11)13/h3-4,6-7,10H,2,5,8-9H2,1H3,(H,14,15,16). The summed E-state index contributed by atoms with van der Waals surface area (Å²) >= 11 is 0. The van der Waals surface area contributed by atoms with Crippen molar-refractivity contribution >= 4 is 10.1 Å². The van der Waals surface area contributed by atoms with E-state index in [-0.39, 0.29) is 23.9 Å². The van der Waals surface area contributed by atoms with Gasteiger partial charge in [0.1, 0.15) is 5.82 Å². The molecule has 0 fully saturated rings. The number of hydrogen-bond donors (Lipinski definition) is 1. The zero-order chi connectivity index (χ0) is 12.9. The summed E-state index contributed by atoms with van der Waals surface area (Å²) in [6.45, 7) is 1.96. The molecule has 1 aromatic rings. The lowest BCUT2D eigenvalue weighted by Crippen LogP contribution is -2.10. The van der Waals surface area contributed by atoms with Gasteiger partial charge in [0.15, 0.2) is 0 Å². The zero-order valence-corrected chi connectivity index (χ0v) is 10.6. The van der Waals surface area contributed by atoms with E-state index in [0.29, 0.717) is 12.0 Å². The molecule has 0 amide bonds. The Hall–Kier alpha value is -0.940. The molecule has 1 atom stereocenters. The number of benzene rings is 1. The van der Waals surface area contributed by atoms with Crippen molar-refractivity contribution in [1.82, 2.24) is 0 Å². The largest absolute Gasteiger partial charge is 0.286 e. The maximum atomic E-state index is 13.6. The first-order valence-corrected chi connectivity index (χ1v) is 7.24. The predicted octanol–water partition coefficient (Wildman–Crippen LogP) is 2.99. The third-order valence-electron chi connectivity index (χ3n) is 2.71. The van der Waals surface area contributed by atoms with Crippen LogP contribution in [-0.4, -0.2) is 18.7 Å². The molecule has 17 heavy (non-hydrogen) atoms. The van der Waals surface area contributed by atoms with E-state index in [1.165, 1.54) is 6.07 Å². The molecule has 5 heteroatoms. The molecule has 1 aromatic carbocycles. The Labute approximate surface area is 101 Å². The summed E-state index contributed by atoms with van der Waals surface area (Å²) in [4.78, 5) is 0. The van der Waals surface area contributed by atoms with Crippen LogP contribution in [0.25, 0.3) is 0 Å². The quantitative estimate of drug-likeness (QED) is 0.800. The fourth-order valence-corrected chi connectivity index (χ4v) is 2.48. The van der Waals surface area contributed by atoms with E-state index >= 15 is 0 Å². The van der Waals surface area contributed by atoms with Gasteiger partial charge in [-0.3, -0.25) is 4.55 Å². The summed E-state index contributed by atoms with van der Waals surface area (Å²) in [6.07, 6.45) is 1.79. The van der Waals surface area contributed by atoms with Crippen molar-refractivity contribution in [1.29, 1.82) is 0 Å². The highest BCUT2D eigenvalue weighted by atomic mass is 32.2. The van der Waals surface area contributed by atoms with E-state index in [9.17, 15) is 12.8 Å². The van der Waals surface area contributed by atoms with Crippen LogP contribution in [0.4, 0.5) is 4.39 Å². The average molecular weight is 260 g/mol. The van der Waals surface area contributed by atoms with Gasteiger partial charge >= 0.3 is 0 Å². The summed E-state index contributed by atoms with van der Waals surface area (Å²) in [6, 6.07) is 6.37. The zero-order valence-electron chi connectivity index (χ0n) is 9.77. The van der Waals surface area contributed by atoms with Crippen LogP contribution in [0.3, 0.4) is 0 Å². The molecular formula is C12H17FO3S. The highest BCUT2D eigenvalue weighted by molar-refractivity contribution is 7.85. The lowest BCUT2D eigenvalue weighted by molar-refractivity contribution is 0.471. The predicted molar refractivity (Wildman–Crippen MR) is 65.1 cm³/mol. The Bertz CT molecular complexity index is 457. The van der Waals surface area contributed by atoms with Crippen molar-refractivity contribution in [2.75, 3.05) is 5.75 Å². The molecule has 1 rings (SSSR count). The minimum atomic E-state index is -3.98. The first-order chi connectivity index (χ1) is 7.94. The summed E-state index contributed by atoms with van der Waals surface area (Å²) in [5.41, 5.74) is 0.526. The monoisotopic (exact) mass is 260 g/mol. The van der Waals surface area contributed by atoms with E-state index in [1.807, 2.05) is 6.92 Å². The normalized spacial score (nSPS) is 13.6. The topological polar surface area (TPSA) is 54.4 Å². The van der Waals surface area contributed by atoms with Crippen LogP contribution >= 0.6 is 0 Å². The number of hydrogen-bond acceptors (Lipinski definition) is 2. The number of rotatable bonds is 6. The van der Waals surface area contributed by atoms with Crippen LogP contribution in [0.2, 0.25) is 0 Å². The third-order valence-corrected chi connectivity index (χ3v) is 3.46. The van der Waals surface area contributed by atoms with Gasteiger partial charge in [0, 0.05) is 0 Å². The molecule has 3 nitrogen and oxygen atoms in total. The van der Waals surface area contributed by atoms with E-state index < -0.39 is 10.1 Å². The van der Waals surface area contributed by atoms with Crippen LogP contribution in [0, 0.1) is 5.82 Å². The molecule has 1 unspecified atom stereocenters. The van der Waals surface area contributed by atoms with Crippen LogP contribution < -0.4 is 0 Å².